The fourth-order valence-electron chi connectivity index (χ4n) is 2.33. The minimum atomic E-state index is 0.517. The summed E-state index contributed by atoms with van der Waals surface area (Å²) < 4.78 is 5.21. The topological polar surface area (TPSA) is 47.0 Å². The molecule has 2 rings (SSSR count). The number of methoxy groups -OCH3 is 1. The Bertz CT molecular complexity index is 386. The third kappa shape index (κ3) is 2.65. The maximum absolute atomic E-state index is 5.21. The van der Waals surface area contributed by atoms with Crippen LogP contribution in [0.25, 0.3) is 0 Å². The lowest BCUT2D eigenvalue weighted by atomic mass is 10.2. The summed E-state index contributed by atoms with van der Waals surface area (Å²) in [4.78, 5) is 8.40. The van der Waals surface area contributed by atoms with Crippen LogP contribution in [0.5, 0.6) is 5.88 Å². The van der Waals surface area contributed by atoms with E-state index in [0.717, 1.165) is 11.4 Å². The van der Waals surface area contributed by atoms with E-state index < -0.39 is 0 Å². The molecule has 5 heteroatoms. The van der Waals surface area contributed by atoms with Crippen molar-refractivity contribution >= 4 is 17.6 Å². The second kappa shape index (κ2) is 5.58. The lowest BCUT2D eigenvalue weighted by Gasteiger charge is -2.21. The Morgan fingerprint density at radius 1 is 1.41 bits per heavy atom. The number of thioether (sulfide) groups is 1. The number of aromatic nitrogens is 2. The highest BCUT2D eigenvalue weighted by molar-refractivity contribution is 7.99. The van der Waals surface area contributed by atoms with Crippen LogP contribution >= 0.6 is 11.8 Å². The molecule has 17 heavy (non-hydrogen) atoms. The van der Waals surface area contributed by atoms with Crippen molar-refractivity contribution in [3.05, 3.63) is 11.9 Å². The van der Waals surface area contributed by atoms with E-state index in [9.17, 15) is 0 Å². The van der Waals surface area contributed by atoms with Crippen molar-refractivity contribution in [2.75, 3.05) is 18.7 Å². The van der Waals surface area contributed by atoms with Gasteiger partial charge in [-0.3, -0.25) is 0 Å². The highest BCUT2D eigenvalue weighted by atomic mass is 32.2. The Balaban J connectivity index is 2.13. The number of hydrogen-bond donors (Lipinski definition) is 1. The van der Waals surface area contributed by atoms with Gasteiger partial charge < -0.3 is 10.1 Å². The molecule has 0 aromatic carbocycles. The van der Waals surface area contributed by atoms with Gasteiger partial charge in [0.1, 0.15) is 12.1 Å². The molecule has 1 saturated carbocycles. The molecule has 1 aliphatic carbocycles. The molecular formula is C12H19N3OS. The van der Waals surface area contributed by atoms with Crippen LogP contribution in [0.15, 0.2) is 6.33 Å². The molecule has 2 unspecified atom stereocenters. The Kier molecular flexibility index (Phi) is 4.10. The first-order chi connectivity index (χ1) is 8.26. The molecule has 4 nitrogen and oxygen atoms in total. The fraction of sp³-hybridized carbons (Fsp3) is 0.667. The van der Waals surface area contributed by atoms with Gasteiger partial charge in [0.2, 0.25) is 5.88 Å². The summed E-state index contributed by atoms with van der Waals surface area (Å²) in [6.07, 6.45) is 7.54. The third-order valence-corrected chi connectivity index (χ3v) is 4.48. The third-order valence-electron chi connectivity index (χ3n) is 3.31. The Hall–Kier alpha value is -0.970. The van der Waals surface area contributed by atoms with E-state index >= 15 is 0 Å². The number of anilines is 1. The van der Waals surface area contributed by atoms with Crippen molar-refractivity contribution in [2.24, 2.45) is 0 Å². The summed E-state index contributed by atoms with van der Waals surface area (Å²) in [7, 11) is 1.64. The summed E-state index contributed by atoms with van der Waals surface area (Å²) in [6.45, 7) is 1.99. The molecule has 2 atom stereocenters. The quantitative estimate of drug-likeness (QED) is 0.893. The van der Waals surface area contributed by atoms with Crippen molar-refractivity contribution in [2.45, 2.75) is 37.5 Å². The van der Waals surface area contributed by atoms with Gasteiger partial charge in [0.15, 0.2) is 0 Å². The molecule has 0 radical (unpaired) electrons. The van der Waals surface area contributed by atoms with Gasteiger partial charge in [-0.05, 0) is 26.0 Å². The first-order valence-corrected chi connectivity index (χ1v) is 7.20. The molecule has 94 valence electrons. The summed E-state index contributed by atoms with van der Waals surface area (Å²) in [6, 6.07) is 0.517. The van der Waals surface area contributed by atoms with Crippen LogP contribution in [-0.2, 0) is 0 Å². The molecule has 0 aliphatic heterocycles. The second-order valence-corrected chi connectivity index (χ2v) is 5.39. The van der Waals surface area contributed by atoms with Gasteiger partial charge in [-0.1, -0.05) is 6.42 Å². The molecule has 0 bridgehead atoms. The standard InChI is InChI=1S/C12H19N3OS/c1-8-11(13-7-14-12(8)16-2)15-9-5-4-6-10(9)17-3/h7,9-10H,4-6H2,1-3H3,(H,13,14,15). The summed E-state index contributed by atoms with van der Waals surface area (Å²) in [5, 5.41) is 4.22. The maximum Gasteiger partial charge on any atom is 0.221 e. The molecule has 1 heterocycles. The molecule has 1 N–H and O–H groups in total. The van der Waals surface area contributed by atoms with E-state index in [1.54, 1.807) is 13.4 Å². The van der Waals surface area contributed by atoms with Gasteiger partial charge in [0, 0.05) is 11.3 Å². The smallest absolute Gasteiger partial charge is 0.221 e. The van der Waals surface area contributed by atoms with Gasteiger partial charge in [-0.15, -0.1) is 0 Å². The molecule has 0 amide bonds. The summed E-state index contributed by atoms with van der Waals surface area (Å²) in [5.74, 6) is 1.56. The zero-order chi connectivity index (χ0) is 12.3. The largest absolute Gasteiger partial charge is 0.481 e. The van der Waals surface area contributed by atoms with Crippen LogP contribution in [0.1, 0.15) is 24.8 Å². The van der Waals surface area contributed by atoms with E-state index in [1.165, 1.54) is 19.3 Å². The number of nitrogens with one attached hydrogen (secondary N) is 1. The van der Waals surface area contributed by atoms with E-state index in [2.05, 4.69) is 21.5 Å². The van der Waals surface area contributed by atoms with Crippen molar-refractivity contribution < 1.29 is 4.74 Å². The second-order valence-electron chi connectivity index (χ2n) is 4.31. The van der Waals surface area contributed by atoms with Crippen molar-refractivity contribution in [3.8, 4) is 5.88 Å². The predicted octanol–water partition coefficient (Wildman–Crippen LogP) is 2.49. The van der Waals surface area contributed by atoms with Crippen LogP contribution in [0.4, 0.5) is 5.82 Å². The zero-order valence-corrected chi connectivity index (χ0v) is 11.4. The molecule has 1 aliphatic rings. The number of hydrogen-bond acceptors (Lipinski definition) is 5. The average molecular weight is 253 g/mol. The lowest BCUT2D eigenvalue weighted by molar-refractivity contribution is 0.393. The molecule has 1 aromatic rings. The van der Waals surface area contributed by atoms with Gasteiger partial charge in [0.25, 0.3) is 0 Å². The van der Waals surface area contributed by atoms with E-state index in [-0.39, 0.29) is 0 Å². The monoisotopic (exact) mass is 253 g/mol. The fourth-order valence-corrected chi connectivity index (χ4v) is 3.27. The highest BCUT2D eigenvalue weighted by Crippen LogP contribution is 2.31. The number of ether oxygens (including phenoxy) is 1. The van der Waals surface area contributed by atoms with Crippen LogP contribution < -0.4 is 10.1 Å². The zero-order valence-electron chi connectivity index (χ0n) is 10.6. The van der Waals surface area contributed by atoms with Crippen LogP contribution in [-0.4, -0.2) is 34.6 Å². The molecule has 0 saturated heterocycles. The first kappa shape index (κ1) is 12.5. The normalized spacial score (nSPS) is 23.7. The number of rotatable bonds is 4. The van der Waals surface area contributed by atoms with E-state index in [1.807, 2.05) is 18.7 Å². The lowest BCUT2D eigenvalue weighted by Crippen LogP contribution is -2.26. The first-order valence-electron chi connectivity index (χ1n) is 5.91. The molecule has 1 aromatic heterocycles. The molecule has 1 fully saturated rings. The molecule has 0 spiro atoms. The van der Waals surface area contributed by atoms with Crippen molar-refractivity contribution in [1.29, 1.82) is 0 Å². The van der Waals surface area contributed by atoms with Gasteiger partial charge >= 0.3 is 0 Å². The number of nitrogens with zero attached hydrogens (tertiary/aromatic N) is 2. The average Bonchev–Trinajstić information content (AvgIpc) is 2.79. The van der Waals surface area contributed by atoms with Gasteiger partial charge in [-0.2, -0.15) is 11.8 Å². The van der Waals surface area contributed by atoms with Crippen LogP contribution in [0.2, 0.25) is 0 Å². The van der Waals surface area contributed by atoms with Crippen molar-refractivity contribution in [1.82, 2.24) is 9.97 Å². The minimum absolute atomic E-state index is 0.517. The highest BCUT2D eigenvalue weighted by Gasteiger charge is 2.27. The van der Waals surface area contributed by atoms with E-state index in [4.69, 9.17) is 4.74 Å². The van der Waals surface area contributed by atoms with E-state index in [0.29, 0.717) is 17.2 Å². The maximum atomic E-state index is 5.21. The summed E-state index contributed by atoms with van der Waals surface area (Å²) in [5.41, 5.74) is 0.988. The molecular weight excluding hydrogens is 234 g/mol. The Labute approximate surface area is 107 Å². The Morgan fingerprint density at radius 2 is 2.24 bits per heavy atom. The van der Waals surface area contributed by atoms with Crippen molar-refractivity contribution in [3.63, 3.8) is 0 Å². The predicted molar refractivity (Wildman–Crippen MR) is 71.9 cm³/mol. The van der Waals surface area contributed by atoms with Crippen LogP contribution in [0.3, 0.4) is 0 Å². The van der Waals surface area contributed by atoms with Gasteiger partial charge in [0.05, 0.1) is 12.7 Å². The summed E-state index contributed by atoms with van der Waals surface area (Å²) >= 11 is 1.94. The van der Waals surface area contributed by atoms with Gasteiger partial charge in [-0.25, -0.2) is 9.97 Å². The SMILES string of the molecule is COc1ncnc(NC2CCCC2SC)c1C. The van der Waals surface area contributed by atoms with Crippen LogP contribution in [0, 0.1) is 6.92 Å². The Morgan fingerprint density at radius 3 is 2.94 bits per heavy atom. The minimum Gasteiger partial charge on any atom is -0.481 e.